The molecular weight excluding hydrogens is 305 g/mol. The summed E-state index contributed by atoms with van der Waals surface area (Å²) in [6, 6.07) is 3.08. The van der Waals surface area contributed by atoms with Gasteiger partial charge >= 0.3 is 0 Å². The average Bonchev–Trinajstić information content (AvgIpc) is 2.36. The van der Waals surface area contributed by atoms with Gasteiger partial charge in [-0.25, -0.2) is 8.42 Å². The van der Waals surface area contributed by atoms with Crippen LogP contribution in [0.4, 0.5) is 0 Å². The van der Waals surface area contributed by atoms with Gasteiger partial charge < -0.3 is 0 Å². The van der Waals surface area contributed by atoms with Gasteiger partial charge in [-0.1, -0.05) is 30.1 Å². The molecule has 0 atom stereocenters. The molecule has 1 aromatic rings. The van der Waals surface area contributed by atoms with Gasteiger partial charge in [-0.3, -0.25) is 0 Å². The van der Waals surface area contributed by atoms with Crippen molar-refractivity contribution >= 4 is 33.2 Å². The molecule has 1 aliphatic heterocycles. The fraction of sp³-hybridized carbons (Fsp3) is 0.538. The van der Waals surface area contributed by atoms with E-state index in [0.717, 1.165) is 12.8 Å². The standard InChI is InChI=1S/C13H17Cl2NO2S/c1-9-5-7-16(8-6-9)19(17,18)12-4-3-11(14)10(2)13(12)15/h3-4,9H,5-8H2,1-2H3. The van der Waals surface area contributed by atoms with Gasteiger partial charge in [0.1, 0.15) is 4.90 Å². The zero-order chi connectivity index (χ0) is 14.2. The van der Waals surface area contributed by atoms with Crippen molar-refractivity contribution in [3.63, 3.8) is 0 Å². The van der Waals surface area contributed by atoms with Gasteiger partial charge in [-0.05, 0) is 43.4 Å². The lowest BCUT2D eigenvalue weighted by atomic mass is 10.0. The van der Waals surface area contributed by atoms with Gasteiger partial charge in [-0.15, -0.1) is 0 Å². The van der Waals surface area contributed by atoms with Gasteiger partial charge in [0.2, 0.25) is 10.0 Å². The topological polar surface area (TPSA) is 37.4 Å². The summed E-state index contributed by atoms with van der Waals surface area (Å²) < 4.78 is 26.7. The highest BCUT2D eigenvalue weighted by Crippen LogP contribution is 2.33. The van der Waals surface area contributed by atoms with Crippen LogP contribution in [0.5, 0.6) is 0 Å². The summed E-state index contributed by atoms with van der Waals surface area (Å²) in [5.74, 6) is 0.578. The fourth-order valence-corrected chi connectivity index (χ4v) is 4.45. The van der Waals surface area contributed by atoms with E-state index in [-0.39, 0.29) is 9.92 Å². The molecule has 0 spiro atoms. The lowest BCUT2D eigenvalue weighted by Gasteiger charge is -2.29. The summed E-state index contributed by atoms with van der Waals surface area (Å²) in [6.45, 7) is 4.98. The minimum Gasteiger partial charge on any atom is -0.207 e. The number of benzene rings is 1. The summed E-state index contributed by atoms with van der Waals surface area (Å²) in [6.07, 6.45) is 1.78. The SMILES string of the molecule is Cc1c(Cl)ccc(S(=O)(=O)N2CCC(C)CC2)c1Cl. The highest BCUT2D eigenvalue weighted by atomic mass is 35.5. The van der Waals surface area contributed by atoms with Gasteiger partial charge in [0.25, 0.3) is 0 Å². The zero-order valence-corrected chi connectivity index (χ0v) is 13.3. The molecule has 6 heteroatoms. The first-order valence-electron chi connectivity index (χ1n) is 6.28. The Balaban J connectivity index is 2.38. The Morgan fingerprint density at radius 3 is 2.37 bits per heavy atom. The predicted molar refractivity (Wildman–Crippen MR) is 78.4 cm³/mol. The van der Waals surface area contributed by atoms with E-state index in [4.69, 9.17) is 23.2 Å². The molecule has 0 saturated carbocycles. The molecule has 2 rings (SSSR count). The van der Waals surface area contributed by atoms with E-state index >= 15 is 0 Å². The molecule has 0 aliphatic carbocycles. The van der Waals surface area contributed by atoms with Crippen LogP contribution in [0.2, 0.25) is 10.0 Å². The second-order valence-electron chi connectivity index (χ2n) is 5.07. The molecule has 0 unspecified atom stereocenters. The quantitative estimate of drug-likeness (QED) is 0.832. The first-order valence-corrected chi connectivity index (χ1v) is 8.48. The maximum atomic E-state index is 12.6. The number of rotatable bonds is 2. The van der Waals surface area contributed by atoms with Gasteiger partial charge in [0.05, 0.1) is 5.02 Å². The van der Waals surface area contributed by atoms with Crippen LogP contribution in [0.15, 0.2) is 17.0 Å². The third-order valence-corrected chi connectivity index (χ3v) is 6.59. The number of piperidine rings is 1. The number of hydrogen-bond donors (Lipinski definition) is 0. The molecule has 0 aromatic heterocycles. The molecule has 1 aliphatic rings. The minimum absolute atomic E-state index is 0.158. The molecule has 0 bridgehead atoms. The summed E-state index contributed by atoms with van der Waals surface area (Å²) in [5, 5.41) is 0.710. The molecule has 1 aromatic carbocycles. The van der Waals surface area contributed by atoms with Crippen molar-refractivity contribution in [3.05, 3.63) is 27.7 Å². The Kier molecular flexibility index (Phi) is 4.45. The van der Waals surface area contributed by atoms with E-state index in [0.29, 0.717) is 29.6 Å². The van der Waals surface area contributed by atoms with Crippen molar-refractivity contribution < 1.29 is 8.42 Å². The van der Waals surface area contributed by atoms with Crippen LogP contribution >= 0.6 is 23.2 Å². The minimum atomic E-state index is -3.51. The number of hydrogen-bond acceptors (Lipinski definition) is 2. The fourth-order valence-electron chi connectivity index (χ4n) is 2.20. The maximum Gasteiger partial charge on any atom is 0.244 e. The van der Waals surface area contributed by atoms with Crippen LogP contribution in [-0.2, 0) is 10.0 Å². The Bertz CT molecular complexity index is 579. The van der Waals surface area contributed by atoms with Crippen LogP contribution in [-0.4, -0.2) is 25.8 Å². The van der Waals surface area contributed by atoms with Crippen molar-refractivity contribution in [2.24, 2.45) is 5.92 Å². The second kappa shape index (κ2) is 5.60. The molecule has 0 radical (unpaired) electrons. The third-order valence-electron chi connectivity index (χ3n) is 3.65. The van der Waals surface area contributed by atoms with Crippen molar-refractivity contribution in [2.45, 2.75) is 31.6 Å². The smallest absolute Gasteiger partial charge is 0.207 e. The van der Waals surface area contributed by atoms with Gasteiger partial charge in [0, 0.05) is 18.1 Å². The molecule has 19 heavy (non-hydrogen) atoms. The third kappa shape index (κ3) is 2.92. The van der Waals surface area contributed by atoms with Crippen molar-refractivity contribution in [1.29, 1.82) is 0 Å². The molecule has 0 N–H and O–H groups in total. The van der Waals surface area contributed by atoms with Crippen LogP contribution < -0.4 is 0 Å². The van der Waals surface area contributed by atoms with E-state index < -0.39 is 10.0 Å². The van der Waals surface area contributed by atoms with Gasteiger partial charge in [-0.2, -0.15) is 4.31 Å². The Labute approximate surface area is 124 Å². The van der Waals surface area contributed by atoms with Crippen molar-refractivity contribution in [2.75, 3.05) is 13.1 Å². The van der Waals surface area contributed by atoms with E-state index in [1.165, 1.54) is 10.4 Å². The monoisotopic (exact) mass is 321 g/mol. The molecule has 1 heterocycles. The van der Waals surface area contributed by atoms with Gasteiger partial charge in [0.15, 0.2) is 0 Å². The van der Waals surface area contributed by atoms with Crippen LogP contribution in [0, 0.1) is 12.8 Å². The number of sulfonamides is 1. The molecule has 1 saturated heterocycles. The zero-order valence-electron chi connectivity index (χ0n) is 11.0. The highest BCUT2D eigenvalue weighted by molar-refractivity contribution is 7.89. The lowest BCUT2D eigenvalue weighted by Crippen LogP contribution is -2.38. The van der Waals surface area contributed by atoms with E-state index in [1.54, 1.807) is 13.0 Å². The molecule has 0 amide bonds. The van der Waals surface area contributed by atoms with E-state index in [2.05, 4.69) is 6.92 Å². The molecular formula is C13H17Cl2NO2S. The van der Waals surface area contributed by atoms with Crippen LogP contribution in [0.1, 0.15) is 25.3 Å². The summed E-state index contributed by atoms with van der Waals surface area (Å²) >= 11 is 12.1. The van der Waals surface area contributed by atoms with Crippen molar-refractivity contribution in [1.82, 2.24) is 4.31 Å². The van der Waals surface area contributed by atoms with Crippen LogP contribution in [0.3, 0.4) is 0 Å². The normalized spacial score (nSPS) is 18.7. The molecule has 1 fully saturated rings. The number of nitrogens with zero attached hydrogens (tertiary/aromatic N) is 1. The Morgan fingerprint density at radius 2 is 1.79 bits per heavy atom. The number of halogens is 2. The predicted octanol–water partition coefficient (Wildman–Crippen LogP) is 3.72. The second-order valence-corrected chi connectivity index (χ2v) is 7.76. The molecule has 3 nitrogen and oxygen atoms in total. The molecule has 106 valence electrons. The largest absolute Gasteiger partial charge is 0.244 e. The Morgan fingerprint density at radius 1 is 1.21 bits per heavy atom. The average molecular weight is 322 g/mol. The highest BCUT2D eigenvalue weighted by Gasteiger charge is 2.30. The van der Waals surface area contributed by atoms with Crippen LogP contribution in [0.25, 0.3) is 0 Å². The summed E-state index contributed by atoms with van der Waals surface area (Å²) in [7, 11) is -3.51. The van der Waals surface area contributed by atoms with Crippen molar-refractivity contribution in [3.8, 4) is 0 Å². The summed E-state index contributed by atoms with van der Waals surface area (Å²) in [5.41, 5.74) is 0.606. The maximum absolute atomic E-state index is 12.6. The van der Waals surface area contributed by atoms with E-state index in [1.807, 2.05) is 0 Å². The summed E-state index contributed by atoms with van der Waals surface area (Å²) in [4.78, 5) is 0.158. The Hall–Kier alpha value is -0.290. The first kappa shape index (κ1) is 15.1. The van der Waals surface area contributed by atoms with E-state index in [9.17, 15) is 8.42 Å². The lowest BCUT2D eigenvalue weighted by molar-refractivity contribution is 0.288. The first-order chi connectivity index (χ1) is 8.84.